The van der Waals surface area contributed by atoms with E-state index in [0.29, 0.717) is 12.1 Å². The van der Waals surface area contributed by atoms with Crippen LogP contribution in [0.3, 0.4) is 0 Å². The molecule has 1 N–H and O–H groups in total. The molecule has 21 heavy (non-hydrogen) atoms. The van der Waals surface area contributed by atoms with Gasteiger partial charge in [-0.05, 0) is 39.5 Å². The van der Waals surface area contributed by atoms with Crippen molar-refractivity contribution in [2.24, 2.45) is 5.92 Å². The topological polar surface area (TPSA) is 42.2 Å². The summed E-state index contributed by atoms with van der Waals surface area (Å²) >= 11 is 0. The molecule has 114 valence electrons. The van der Waals surface area contributed by atoms with E-state index >= 15 is 0 Å². The lowest BCUT2D eigenvalue weighted by Crippen LogP contribution is -2.35. The highest BCUT2D eigenvalue weighted by Crippen LogP contribution is 2.26. The van der Waals surface area contributed by atoms with E-state index in [0.717, 1.165) is 17.3 Å². The minimum Gasteiger partial charge on any atom is -0.307 e. The van der Waals surface area contributed by atoms with Crippen molar-refractivity contribution in [3.05, 3.63) is 29.2 Å². The predicted octanol–water partition coefficient (Wildman–Crippen LogP) is 3.58. The van der Waals surface area contributed by atoms with Gasteiger partial charge < -0.3 is 5.32 Å². The zero-order valence-corrected chi connectivity index (χ0v) is 13.6. The molecule has 0 aliphatic heterocycles. The van der Waals surface area contributed by atoms with Crippen LogP contribution in [0.4, 0.5) is 0 Å². The van der Waals surface area contributed by atoms with Crippen molar-refractivity contribution in [1.29, 1.82) is 0 Å². The van der Waals surface area contributed by atoms with Crippen LogP contribution >= 0.6 is 0 Å². The molecule has 2 aromatic heterocycles. The van der Waals surface area contributed by atoms with Crippen molar-refractivity contribution in [2.45, 2.75) is 65.5 Å². The van der Waals surface area contributed by atoms with Gasteiger partial charge in [0.25, 0.3) is 0 Å². The van der Waals surface area contributed by atoms with E-state index in [1.807, 2.05) is 23.7 Å². The summed E-state index contributed by atoms with van der Waals surface area (Å²) in [6, 6.07) is 2.98. The van der Waals surface area contributed by atoms with E-state index in [4.69, 9.17) is 0 Å². The number of nitrogens with one attached hydrogen (secondary N) is 1. The minimum atomic E-state index is 0.321. The summed E-state index contributed by atoms with van der Waals surface area (Å²) in [5.74, 6) is 0.846. The molecule has 0 radical (unpaired) electrons. The minimum absolute atomic E-state index is 0.321. The summed E-state index contributed by atoms with van der Waals surface area (Å²) in [7, 11) is 0. The third kappa shape index (κ3) is 2.95. The molecule has 2 aromatic rings. The molecule has 4 heteroatoms. The fraction of sp³-hybridized carbons (Fsp3) is 0.647. The van der Waals surface area contributed by atoms with E-state index in [1.54, 1.807) is 0 Å². The van der Waals surface area contributed by atoms with Crippen LogP contribution in [-0.4, -0.2) is 20.6 Å². The summed E-state index contributed by atoms with van der Waals surface area (Å²) in [5, 5.41) is 8.34. The van der Waals surface area contributed by atoms with Crippen LogP contribution in [0.5, 0.6) is 0 Å². The number of aromatic nitrogens is 3. The van der Waals surface area contributed by atoms with Gasteiger partial charge in [-0.2, -0.15) is 5.10 Å². The van der Waals surface area contributed by atoms with Crippen LogP contribution in [0.1, 0.15) is 62.5 Å². The van der Waals surface area contributed by atoms with Gasteiger partial charge in [-0.1, -0.05) is 19.8 Å². The van der Waals surface area contributed by atoms with E-state index in [-0.39, 0.29) is 0 Å². The number of aryl methyl sites for hydroxylation is 2. The third-order valence-electron chi connectivity index (χ3n) is 4.77. The predicted molar refractivity (Wildman–Crippen MR) is 85.4 cm³/mol. The van der Waals surface area contributed by atoms with Gasteiger partial charge in [0.05, 0.1) is 5.69 Å². The molecule has 0 spiro atoms. The Morgan fingerprint density at radius 1 is 1.33 bits per heavy atom. The van der Waals surface area contributed by atoms with Gasteiger partial charge in [0.2, 0.25) is 0 Å². The Bertz CT molecular complexity index is 631. The maximum atomic E-state index is 4.55. The van der Waals surface area contributed by atoms with Crippen molar-refractivity contribution < 1.29 is 0 Å². The van der Waals surface area contributed by atoms with E-state index < -0.39 is 0 Å². The Labute approximate surface area is 127 Å². The zero-order valence-electron chi connectivity index (χ0n) is 13.6. The van der Waals surface area contributed by atoms with Gasteiger partial charge in [0, 0.05) is 35.6 Å². The lowest BCUT2D eigenvalue weighted by Gasteiger charge is -2.30. The van der Waals surface area contributed by atoms with Gasteiger partial charge in [0.1, 0.15) is 0 Å². The second kappa shape index (κ2) is 5.76. The number of hydrogen-bond acceptors (Lipinski definition) is 3. The van der Waals surface area contributed by atoms with Crippen molar-refractivity contribution >= 4 is 5.65 Å². The summed E-state index contributed by atoms with van der Waals surface area (Å²) < 4.78 is 1.96. The average Bonchev–Trinajstić information content (AvgIpc) is 2.80. The van der Waals surface area contributed by atoms with E-state index in [1.165, 1.54) is 36.9 Å². The first-order chi connectivity index (χ1) is 10.0. The largest absolute Gasteiger partial charge is 0.307 e. The molecule has 1 fully saturated rings. The van der Waals surface area contributed by atoms with Gasteiger partial charge in [-0.3, -0.25) is 0 Å². The second-order valence-electron chi connectivity index (χ2n) is 6.71. The van der Waals surface area contributed by atoms with Crippen LogP contribution in [0.2, 0.25) is 0 Å². The average molecular weight is 286 g/mol. The highest BCUT2D eigenvalue weighted by atomic mass is 15.3. The molecule has 1 saturated carbocycles. The summed E-state index contributed by atoms with van der Waals surface area (Å²) in [6.07, 6.45) is 7.33. The summed E-state index contributed by atoms with van der Waals surface area (Å²) in [6.45, 7) is 8.76. The molecule has 0 amide bonds. The lowest BCUT2D eigenvalue weighted by molar-refractivity contribution is 0.285. The van der Waals surface area contributed by atoms with Gasteiger partial charge in [0.15, 0.2) is 5.65 Å². The molecule has 0 bridgehead atoms. The first-order valence-corrected chi connectivity index (χ1v) is 8.12. The highest BCUT2D eigenvalue weighted by molar-refractivity contribution is 5.42. The quantitative estimate of drug-likeness (QED) is 0.938. The van der Waals surface area contributed by atoms with Crippen molar-refractivity contribution in [1.82, 2.24) is 19.9 Å². The van der Waals surface area contributed by atoms with E-state index in [2.05, 4.69) is 36.2 Å². The molecule has 3 rings (SSSR count). The molecule has 3 unspecified atom stereocenters. The van der Waals surface area contributed by atoms with Crippen LogP contribution < -0.4 is 5.32 Å². The molecule has 1 aliphatic carbocycles. The normalized spacial score (nSPS) is 24.4. The number of fused-ring (bicyclic) bond motifs is 1. The second-order valence-corrected chi connectivity index (χ2v) is 6.71. The number of nitrogens with zero attached hydrogens (tertiary/aromatic N) is 3. The first-order valence-electron chi connectivity index (χ1n) is 8.12. The molecular formula is C17H26N4. The zero-order chi connectivity index (χ0) is 15.0. The SMILES string of the molecule is Cc1cc2ncc(C(C)NC3CCCC(C)C3)c(C)n2n1. The standard InChI is InChI=1S/C17H26N4/c1-11-6-5-7-15(8-11)19-13(3)16-10-18-17-9-12(2)20-21(17)14(16)4/h9-11,13,15,19H,5-8H2,1-4H3. The molecule has 0 aromatic carbocycles. The van der Waals surface area contributed by atoms with Gasteiger partial charge in [-0.15, -0.1) is 0 Å². The Kier molecular flexibility index (Phi) is 3.98. The van der Waals surface area contributed by atoms with Crippen molar-refractivity contribution in [2.75, 3.05) is 0 Å². The molecule has 3 atom stereocenters. The maximum Gasteiger partial charge on any atom is 0.155 e. The number of rotatable bonds is 3. The fourth-order valence-corrected chi connectivity index (χ4v) is 3.63. The van der Waals surface area contributed by atoms with Gasteiger partial charge in [-0.25, -0.2) is 9.50 Å². The first kappa shape index (κ1) is 14.5. The fourth-order valence-electron chi connectivity index (χ4n) is 3.63. The monoisotopic (exact) mass is 286 g/mol. The third-order valence-corrected chi connectivity index (χ3v) is 4.77. The molecule has 2 heterocycles. The Hall–Kier alpha value is -1.42. The summed E-state index contributed by atoms with van der Waals surface area (Å²) in [4.78, 5) is 4.55. The Morgan fingerprint density at radius 3 is 2.90 bits per heavy atom. The molecule has 4 nitrogen and oxygen atoms in total. The summed E-state index contributed by atoms with van der Waals surface area (Å²) in [5.41, 5.74) is 4.40. The van der Waals surface area contributed by atoms with Crippen LogP contribution in [0.25, 0.3) is 5.65 Å². The van der Waals surface area contributed by atoms with Crippen molar-refractivity contribution in [3.8, 4) is 0 Å². The maximum absolute atomic E-state index is 4.55. The van der Waals surface area contributed by atoms with Crippen molar-refractivity contribution in [3.63, 3.8) is 0 Å². The molecule has 0 saturated heterocycles. The van der Waals surface area contributed by atoms with Crippen LogP contribution in [0.15, 0.2) is 12.3 Å². The van der Waals surface area contributed by atoms with Crippen LogP contribution in [0, 0.1) is 19.8 Å². The highest BCUT2D eigenvalue weighted by Gasteiger charge is 2.22. The Balaban J connectivity index is 1.80. The smallest absolute Gasteiger partial charge is 0.155 e. The van der Waals surface area contributed by atoms with Crippen LogP contribution in [-0.2, 0) is 0 Å². The lowest BCUT2D eigenvalue weighted by atomic mass is 9.86. The molecule has 1 aliphatic rings. The Morgan fingerprint density at radius 2 is 2.14 bits per heavy atom. The van der Waals surface area contributed by atoms with E-state index in [9.17, 15) is 0 Å². The van der Waals surface area contributed by atoms with Gasteiger partial charge >= 0.3 is 0 Å². The number of hydrogen-bond donors (Lipinski definition) is 1. The molecular weight excluding hydrogens is 260 g/mol.